The van der Waals surface area contributed by atoms with Crippen LogP contribution in [0.2, 0.25) is 0 Å². The number of hydrogen-bond donors (Lipinski definition) is 6. The number of rotatable bonds is 17. The largest absolute Gasteiger partial charge is 0.480 e. The Balaban J connectivity index is 1.99. The van der Waals surface area contributed by atoms with Crippen LogP contribution >= 0.6 is 11.8 Å². The van der Waals surface area contributed by atoms with Gasteiger partial charge in [0.25, 0.3) is 5.69 Å². The smallest absolute Gasteiger partial charge is 0.327 e. The first-order valence-corrected chi connectivity index (χ1v) is 16.2. The Morgan fingerprint density at radius 2 is 1.38 bits per heavy atom. The number of carbonyl (C=O) groups excluding carboxylic acids is 3. The van der Waals surface area contributed by atoms with Crippen LogP contribution in [0.5, 0.6) is 0 Å². The molecule has 0 saturated carbocycles. The van der Waals surface area contributed by atoms with Gasteiger partial charge in [-0.25, -0.2) is 14.4 Å². The molecule has 0 radical (unpaired) electrons. The van der Waals surface area contributed by atoms with Gasteiger partial charge in [-0.3, -0.25) is 19.7 Å². The van der Waals surface area contributed by atoms with Crippen molar-refractivity contribution in [3.05, 3.63) is 64.2 Å². The number of carbonyl (C=O) groups is 5. The quantitative estimate of drug-likeness (QED) is 0.0744. The summed E-state index contributed by atoms with van der Waals surface area (Å²) in [5.74, 6) is -3.60. The van der Waals surface area contributed by atoms with Gasteiger partial charge in [-0.2, -0.15) is 11.8 Å². The van der Waals surface area contributed by atoms with Crippen molar-refractivity contribution in [2.45, 2.75) is 71.9 Å². The highest BCUT2D eigenvalue weighted by Crippen LogP contribution is 2.26. The SMILES string of the molecule is CC(C)CC(C(=O)NC(CCSCC(NC(=O)CC(C)(C)C)C(=O)O)C(=O)O)c1ccc(NC(=O)Nc2ccc([N+](=O)[O-])cc2)cc1. The standard InChI is InChI=1S/C32H43N5O9S/c1-19(2)16-24(20-6-8-21(9-7-20)33-31(44)34-22-10-12-23(13-11-22)37(45)46)28(39)36-25(29(40)41)14-15-47-18-26(30(42)43)35-27(38)17-32(3,4)5/h6-13,19,24-26H,14-18H2,1-5H3,(H,35,38)(H,36,39)(H,40,41)(H,42,43)(H2,33,34,44). The van der Waals surface area contributed by atoms with E-state index < -0.39 is 46.8 Å². The zero-order chi connectivity index (χ0) is 35.3. The first kappa shape index (κ1) is 38.5. The molecule has 0 aliphatic rings. The zero-order valence-electron chi connectivity index (χ0n) is 27.1. The summed E-state index contributed by atoms with van der Waals surface area (Å²) >= 11 is 1.17. The van der Waals surface area contributed by atoms with Crippen molar-refractivity contribution >= 4 is 58.6 Å². The van der Waals surface area contributed by atoms with Crippen molar-refractivity contribution in [1.82, 2.24) is 10.6 Å². The number of nitrogens with zero attached hydrogens (tertiary/aromatic N) is 1. The van der Waals surface area contributed by atoms with Crippen LogP contribution in [0.3, 0.4) is 0 Å². The van der Waals surface area contributed by atoms with Crippen LogP contribution in [0, 0.1) is 21.4 Å². The third-order valence-corrected chi connectivity index (χ3v) is 7.80. The minimum absolute atomic E-state index is 0.0355. The zero-order valence-corrected chi connectivity index (χ0v) is 27.9. The molecule has 6 N–H and O–H groups in total. The number of non-ortho nitro benzene ring substituents is 1. The Morgan fingerprint density at radius 3 is 1.85 bits per heavy atom. The first-order chi connectivity index (χ1) is 21.9. The molecule has 3 atom stereocenters. The van der Waals surface area contributed by atoms with Gasteiger partial charge < -0.3 is 31.5 Å². The first-order valence-electron chi connectivity index (χ1n) is 15.0. The maximum atomic E-state index is 13.4. The Morgan fingerprint density at radius 1 is 0.851 bits per heavy atom. The van der Waals surface area contributed by atoms with Crippen LogP contribution in [0.15, 0.2) is 48.5 Å². The lowest BCUT2D eigenvalue weighted by atomic mass is 9.89. The minimum Gasteiger partial charge on any atom is -0.480 e. The molecule has 14 nitrogen and oxygen atoms in total. The van der Waals surface area contributed by atoms with E-state index in [4.69, 9.17) is 0 Å². The van der Waals surface area contributed by atoms with Crippen LogP contribution in [0.1, 0.15) is 65.4 Å². The second-order valence-electron chi connectivity index (χ2n) is 12.6. The summed E-state index contributed by atoms with van der Waals surface area (Å²) in [7, 11) is 0. The average molecular weight is 674 g/mol. The summed E-state index contributed by atoms with van der Waals surface area (Å²) in [5.41, 5.74) is 0.976. The summed E-state index contributed by atoms with van der Waals surface area (Å²) in [6, 6.07) is 8.97. The number of nitro benzene ring substituents is 1. The van der Waals surface area contributed by atoms with E-state index in [-0.39, 0.29) is 47.3 Å². The van der Waals surface area contributed by atoms with Gasteiger partial charge in [0, 0.05) is 35.7 Å². The third kappa shape index (κ3) is 14.1. The van der Waals surface area contributed by atoms with Crippen molar-refractivity contribution in [3.63, 3.8) is 0 Å². The summed E-state index contributed by atoms with van der Waals surface area (Å²) in [6.07, 6.45) is 0.620. The maximum absolute atomic E-state index is 13.4. The van der Waals surface area contributed by atoms with Gasteiger partial charge in [-0.05, 0) is 59.8 Å². The summed E-state index contributed by atoms with van der Waals surface area (Å²) in [4.78, 5) is 71.9. The number of aliphatic carboxylic acids is 2. The topological polar surface area (TPSA) is 217 Å². The molecule has 0 spiro atoms. The molecule has 256 valence electrons. The molecule has 0 bridgehead atoms. The van der Waals surface area contributed by atoms with E-state index in [1.165, 1.54) is 36.0 Å². The number of nitro groups is 1. The molecule has 3 unspecified atom stereocenters. The molecule has 2 rings (SSSR count). The van der Waals surface area contributed by atoms with Crippen molar-refractivity contribution < 1.29 is 39.1 Å². The fraction of sp³-hybridized carbons (Fsp3) is 0.469. The summed E-state index contributed by atoms with van der Waals surface area (Å²) in [6.45, 7) is 9.46. The van der Waals surface area contributed by atoms with Crippen LogP contribution < -0.4 is 21.3 Å². The van der Waals surface area contributed by atoms with Crippen LogP contribution in [0.4, 0.5) is 21.9 Å². The average Bonchev–Trinajstić information content (AvgIpc) is 2.96. The van der Waals surface area contributed by atoms with E-state index in [0.29, 0.717) is 23.4 Å². The van der Waals surface area contributed by atoms with E-state index >= 15 is 0 Å². The van der Waals surface area contributed by atoms with Crippen molar-refractivity contribution in [2.75, 3.05) is 22.1 Å². The number of nitrogens with one attached hydrogen (secondary N) is 4. The molecule has 0 heterocycles. The Hall–Kier alpha value is -4.66. The molecule has 4 amide bonds. The molecular weight excluding hydrogens is 630 g/mol. The second-order valence-corrected chi connectivity index (χ2v) is 13.8. The summed E-state index contributed by atoms with van der Waals surface area (Å²) in [5, 5.41) is 40.5. The predicted molar refractivity (Wildman–Crippen MR) is 180 cm³/mol. The molecule has 0 fully saturated rings. The Bertz CT molecular complexity index is 1410. The number of hydrogen-bond acceptors (Lipinski definition) is 8. The lowest BCUT2D eigenvalue weighted by Gasteiger charge is -2.23. The highest BCUT2D eigenvalue weighted by Gasteiger charge is 2.28. The number of thioether (sulfide) groups is 1. The summed E-state index contributed by atoms with van der Waals surface area (Å²) < 4.78 is 0. The third-order valence-electron chi connectivity index (χ3n) is 6.70. The number of benzene rings is 2. The van der Waals surface area contributed by atoms with Gasteiger partial charge in [0.15, 0.2) is 0 Å². The monoisotopic (exact) mass is 673 g/mol. The van der Waals surface area contributed by atoms with Crippen LogP contribution in [-0.2, 0) is 19.2 Å². The fourth-order valence-corrected chi connectivity index (χ4v) is 5.49. The van der Waals surface area contributed by atoms with Gasteiger partial charge in [0.1, 0.15) is 12.1 Å². The van der Waals surface area contributed by atoms with Gasteiger partial charge in [0.2, 0.25) is 11.8 Å². The normalized spacial score (nSPS) is 13.1. The van der Waals surface area contributed by atoms with E-state index in [0.717, 1.165) is 0 Å². The molecule has 2 aromatic carbocycles. The second kappa shape index (κ2) is 17.9. The predicted octanol–water partition coefficient (Wildman–Crippen LogP) is 5.07. The van der Waals surface area contributed by atoms with Gasteiger partial charge in [0.05, 0.1) is 10.8 Å². The number of carboxylic acids is 2. The molecule has 15 heteroatoms. The number of urea groups is 1. The minimum atomic E-state index is -1.23. The molecular formula is C32H43N5O9S. The van der Waals surface area contributed by atoms with Gasteiger partial charge in [-0.1, -0.05) is 46.8 Å². The number of amides is 4. The molecule has 0 saturated heterocycles. The molecule has 0 aliphatic heterocycles. The van der Waals surface area contributed by atoms with E-state index in [1.807, 2.05) is 34.6 Å². The number of carboxylic acid groups (broad SMARTS) is 2. The van der Waals surface area contributed by atoms with Crippen LogP contribution in [-0.4, -0.2) is 68.5 Å². The molecule has 0 aromatic heterocycles. The Kier molecular flexibility index (Phi) is 14.7. The molecule has 47 heavy (non-hydrogen) atoms. The van der Waals surface area contributed by atoms with Crippen molar-refractivity contribution in [2.24, 2.45) is 11.3 Å². The fourth-order valence-electron chi connectivity index (χ4n) is 4.46. The lowest BCUT2D eigenvalue weighted by Crippen LogP contribution is -2.44. The number of anilines is 2. The highest BCUT2D eigenvalue weighted by molar-refractivity contribution is 7.99. The maximum Gasteiger partial charge on any atom is 0.327 e. The van der Waals surface area contributed by atoms with E-state index in [1.54, 1.807) is 24.3 Å². The lowest BCUT2D eigenvalue weighted by molar-refractivity contribution is -0.384. The van der Waals surface area contributed by atoms with Gasteiger partial charge >= 0.3 is 18.0 Å². The van der Waals surface area contributed by atoms with Crippen molar-refractivity contribution in [3.8, 4) is 0 Å². The molecule has 2 aromatic rings. The van der Waals surface area contributed by atoms with E-state index in [9.17, 15) is 44.3 Å². The van der Waals surface area contributed by atoms with Gasteiger partial charge in [-0.15, -0.1) is 0 Å². The van der Waals surface area contributed by atoms with Crippen molar-refractivity contribution in [1.29, 1.82) is 0 Å². The highest BCUT2D eigenvalue weighted by atomic mass is 32.2. The molecule has 0 aliphatic carbocycles. The van der Waals surface area contributed by atoms with E-state index in [2.05, 4.69) is 21.3 Å². The van der Waals surface area contributed by atoms with Crippen LogP contribution in [0.25, 0.3) is 0 Å². The Labute approximate surface area is 277 Å².